The van der Waals surface area contributed by atoms with Gasteiger partial charge < -0.3 is 15.5 Å². The molecule has 14 heavy (non-hydrogen) atoms. The minimum Gasteiger partial charge on any atom is -0.394 e. The fourth-order valence-corrected chi connectivity index (χ4v) is 1.84. The minimum atomic E-state index is -0.722. The lowest BCUT2D eigenvalue weighted by Crippen LogP contribution is -2.23. The van der Waals surface area contributed by atoms with Gasteiger partial charge >= 0.3 is 0 Å². The van der Waals surface area contributed by atoms with E-state index in [1.807, 2.05) is 18.2 Å². The molecule has 0 saturated carbocycles. The molecule has 1 aromatic carbocycles. The van der Waals surface area contributed by atoms with E-state index < -0.39 is 6.10 Å². The maximum Gasteiger partial charge on any atom is 0.0942 e. The molecule has 1 atom stereocenters. The smallest absolute Gasteiger partial charge is 0.0942 e. The minimum absolute atomic E-state index is 0.228. The molecule has 0 aliphatic heterocycles. The Labute approximate surface area is 105 Å². The summed E-state index contributed by atoms with van der Waals surface area (Å²) in [5.41, 5.74) is 0.921. The molecule has 0 fully saturated rings. The van der Waals surface area contributed by atoms with E-state index in [-0.39, 0.29) is 6.61 Å². The zero-order valence-electron chi connectivity index (χ0n) is 7.37. The van der Waals surface area contributed by atoms with Crippen molar-refractivity contribution in [3.63, 3.8) is 0 Å². The van der Waals surface area contributed by atoms with Gasteiger partial charge in [0.2, 0.25) is 0 Å². The van der Waals surface area contributed by atoms with Gasteiger partial charge in [0.05, 0.1) is 17.2 Å². The van der Waals surface area contributed by atoms with Gasteiger partial charge in [-0.25, -0.2) is 0 Å². The highest BCUT2D eigenvalue weighted by Crippen LogP contribution is 2.27. The van der Waals surface area contributed by atoms with Crippen LogP contribution in [0.4, 0.5) is 5.69 Å². The summed E-state index contributed by atoms with van der Waals surface area (Å²) in [5.74, 6) is 0. The zero-order valence-corrected chi connectivity index (χ0v) is 11.1. The Balaban J connectivity index is 2.63. The molecule has 0 aliphatic carbocycles. The molecule has 0 saturated heterocycles. The Morgan fingerprint density at radius 2 is 2.21 bits per heavy atom. The first-order chi connectivity index (χ1) is 6.65. The van der Waals surface area contributed by atoms with E-state index in [0.29, 0.717) is 6.54 Å². The first kappa shape index (κ1) is 12.2. The lowest BCUT2D eigenvalue weighted by molar-refractivity contribution is 0.105. The second-order valence-electron chi connectivity index (χ2n) is 2.82. The summed E-state index contributed by atoms with van der Waals surface area (Å²) >= 11 is 5.66. The van der Waals surface area contributed by atoms with Crippen LogP contribution in [0.3, 0.4) is 0 Å². The second kappa shape index (κ2) is 5.89. The molecule has 0 amide bonds. The molecular weight excluding hydrogens is 361 g/mol. The van der Waals surface area contributed by atoms with Gasteiger partial charge in [0, 0.05) is 15.8 Å². The number of aliphatic hydroxyl groups excluding tert-OH is 2. The van der Waals surface area contributed by atoms with Gasteiger partial charge in [0.25, 0.3) is 0 Å². The number of nitrogens with one attached hydrogen (secondary N) is 1. The standard InChI is InChI=1S/C9H11BrINO2/c10-9-7(11)2-1-3-8(9)12-4-6(14)5-13/h1-3,6,12-14H,4-5H2. The summed E-state index contributed by atoms with van der Waals surface area (Å²) in [6.07, 6.45) is -0.722. The molecule has 1 unspecified atom stereocenters. The molecular formula is C9H11BrINO2. The lowest BCUT2D eigenvalue weighted by atomic mass is 10.3. The first-order valence-corrected chi connectivity index (χ1v) is 5.99. The van der Waals surface area contributed by atoms with Crippen LogP contribution in [0.5, 0.6) is 0 Å². The SMILES string of the molecule is OCC(O)CNc1cccc(I)c1Br. The van der Waals surface area contributed by atoms with Crippen LogP contribution < -0.4 is 5.32 Å². The molecule has 0 aliphatic rings. The predicted molar refractivity (Wildman–Crippen MR) is 68.4 cm³/mol. The maximum atomic E-state index is 9.15. The van der Waals surface area contributed by atoms with Crippen molar-refractivity contribution in [2.24, 2.45) is 0 Å². The van der Waals surface area contributed by atoms with Crippen LogP contribution in [0.1, 0.15) is 0 Å². The number of halogens is 2. The molecule has 0 aromatic heterocycles. The van der Waals surface area contributed by atoms with Crippen molar-refractivity contribution in [2.45, 2.75) is 6.10 Å². The average Bonchev–Trinajstić information content (AvgIpc) is 2.20. The van der Waals surface area contributed by atoms with Crippen molar-refractivity contribution >= 4 is 44.2 Å². The summed E-state index contributed by atoms with van der Waals surface area (Å²) in [4.78, 5) is 0. The topological polar surface area (TPSA) is 52.5 Å². The van der Waals surface area contributed by atoms with Crippen molar-refractivity contribution in [3.8, 4) is 0 Å². The van der Waals surface area contributed by atoms with Gasteiger partial charge in [-0.1, -0.05) is 6.07 Å². The fraction of sp³-hybridized carbons (Fsp3) is 0.333. The van der Waals surface area contributed by atoms with Gasteiger partial charge in [-0.3, -0.25) is 0 Å². The summed E-state index contributed by atoms with van der Waals surface area (Å²) in [6, 6.07) is 5.83. The highest BCUT2D eigenvalue weighted by Gasteiger charge is 2.05. The number of anilines is 1. The summed E-state index contributed by atoms with van der Waals surface area (Å²) in [5, 5.41) is 20.8. The molecule has 3 nitrogen and oxygen atoms in total. The number of hydrogen-bond acceptors (Lipinski definition) is 3. The van der Waals surface area contributed by atoms with Crippen LogP contribution in [0.25, 0.3) is 0 Å². The molecule has 1 rings (SSSR count). The third-order valence-electron chi connectivity index (χ3n) is 1.69. The molecule has 78 valence electrons. The number of rotatable bonds is 4. The van der Waals surface area contributed by atoms with E-state index in [0.717, 1.165) is 13.7 Å². The van der Waals surface area contributed by atoms with Crippen LogP contribution in [0, 0.1) is 3.57 Å². The normalized spacial score (nSPS) is 12.6. The fourth-order valence-electron chi connectivity index (χ4n) is 0.933. The Bertz CT molecular complexity index is 309. The number of aliphatic hydroxyl groups is 2. The molecule has 3 N–H and O–H groups in total. The zero-order chi connectivity index (χ0) is 10.6. The molecule has 0 radical (unpaired) electrons. The van der Waals surface area contributed by atoms with E-state index >= 15 is 0 Å². The van der Waals surface area contributed by atoms with E-state index in [9.17, 15) is 0 Å². The van der Waals surface area contributed by atoms with Crippen molar-refractivity contribution in [1.29, 1.82) is 0 Å². The van der Waals surface area contributed by atoms with Gasteiger partial charge in [-0.2, -0.15) is 0 Å². The predicted octanol–water partition coefficient (Wildman–Crippen LogP) is 1.82. The molecule has 1 aromatic rings. The van der Waals surface area contributed by atoms with Crippen molar-refractivity contribution in [2.75, 3.05) is 18.5 Å². The molecule has 5 heteroatoms. The van der Waals surface area contributed by atoms with Crippen molar-refractivity contribution in [3.05, 3.63) is 26.2 Å². The van der Waals surface area contributed by atoms with Crippen LogP contribution in [-0.4, -0.2) is 29.5 Å². The van der Waals surface area contributed by atoms with Crippen LogP contribution in [0.2, 0.25) is 0 Å². The van der Waals surface area contributed by atoms with Crippen molar-refractivity contribution in [1.82, 2.24) is 0 Å². The maximum absolute atomic E-state index is 9.15. The Kier molecular flexibility index (Phi) is 5.14. The highest BCUT2D eigenvalue weighted by atomic mass is 127. The lowest BCUT2D eigenvalue weighted by Gasteiger charge is -2.12. The average molecular weight is 372 g/mol. The Morgan fingerprint density at radius 3 is 2.86 bits per heavy atom. The third kappa shape index (κ3) is 3.38. The summed E-state index contributed by atoms with van der Waals surface area (Å²) in [6.45, 7) is 0.115. The Morgan fingerprint density at radius 1 is 1.50 bits per heavy atom. The van der Waals surface area contributed by atoms with Gasteiger partial charge in [-0.15, -0.1) is 0 Å². The largest absolute Gasteiger partial charge is 0.394 e. The number of benzene rings is 1. The molecule has 0 spiro atoms. The molecule has 0 heterocycles. The summed E-state index contributed by atoms with van der Waals surface area (Å²) in [7, 11) is 0. The number of hydrogen-bond donors (Lipinski definition) is 3. The Hall–Kier alpha value is 0.150. The van der Waals surface area contributed by atoms with E-state index in [4.69, 9.17) is 10.2 Å². The monoisotopic (exact) mass is 371 g/mol. The summed E-state index contributed by atoms with van der Waals surface area (Å²) < 4.78 is 2.08. The first-order valence-electron chi connectivity index (χ1n) is 4.12. The third-order valence-corrected chi connectivity index (χ3v) is 4.19. The molecule has 0 bridgehead atoms. The highest BCUT2D eigenvalue weighted by molar-refractivity contribution is 14.1. The van der Waals surface area contributed by atoms with Gasteiger partial charge in [0.15, 0.2) is 0 Å². The van der Waals surface area contributed by atoms with E-state index in [1.165, 1.54) is 0 Å². The van der Waals surface area contributed by atoms with Crippen LogP contribution >= 0.6 is 38.5 Å². The van der Waals surface area contributed by atoms with Crippen molar-refractivity contribution < 1.29 is 10.2 Å². The van der Waals surface area contributed by atoms with Gasteiger partial charge in [-0.05, 0) is 50.7 Å². The van der Waals surface area contributed by atoms with Crippen LogP contribution in [-0.2, 0) is 0 Å². The van der Waals surface area contributed by atoms with E-state index in [2.05, 4.69) is 43.8 Å². The second-order valence-corrected chi connectivity index (χ2v) is 4.77. The van der Waals surface area contributed by atoms with E-state index in [1.54, 1.807) is 0 Å². The quantitative estimate of drug-likeness (QED) is 0.707. The van der Waals surface area contributed by atoms with Crippen LogP contribution in [0.15, 0.2) is 22.7 Å². The van der Waals surface area contributed by atoms with Gasteiger partial charge in [0.1, 0.15) is 0 Å².